The molecule has 0 aliphatic carbocycles. The van der Waals surface area contributed by atoms with Crippen LogP contribution in [0, 0.1) is 0 Å². The molecule has 5 heteroatoms. The fourth-order valence-corrected chi connectivity index (χ4v) is 3.13. The van der Waals surface area contributed by atoms with Gasteiger partial charge in [-0.25, -0.2) is 0 Å². The van der Waals surface area contributed by atoms with Gasteiger partial charge in [-0.1, -0.05) is 18.2 Å². The molecule has 5 nitrogen and oxygen atoms in total. The molecule has 1 aromatic rings. The quantitative estimate of drug-likeness (QED) is 0.837. The molecule has 21 heavy (non-hydrogen) atoms. The summed E-state index contributed by atoms with van der Waals surface area (Å²) in [5.41, 5.74) is 7.98. The molecule has 3 rings (SSSR count). The molecule has 0 radical (unpaired) electrons. The second kappa shape index (κ2) is 5.66. The Kier molecular flexibility index (Phi) is 3.87. The molecule has 0 bridgehead atoms. The maximum absolute atomic E-state index is 12.9. The van der Waals surface area contributed by atoms with Crippen molar-refractivity contribution in [2.45, 2.75) is 24.9 Å². The third-order valence-electron chi connectivity index (χ3n) is 4.57. The van der Waals surface area contributed by atoms with Crippen LogP contribution in [0.15, 0.2) is 24.3 Å². The molecular weight excluding hydrogens is 266 g/mol. The second-order valence-corrected chi connectivity index (χ2v) is 6.05. The Hall–Kier alpha value is -1.59. The Morgan fingerprint density at radius 2 is 1.95 bits per heavy atom. The number of nitrogens with zero attached hydrogens (tertiary/aromatic N) is 2. The Morgan fingerprint density at radius 1 is 1.24 bits per heavy atom. The number of amides is 1. The van der Waals surface area contributed by atoms with Crippen LogP contribution >= 0.6 is 0 Å². The summed E-state index contributed by atoms with van der Waals surface area (Å²) in [4.78, 5) is 17.0. The number of para-hydroxylation sites is 1. The van der Waals surface area contributed by atoms with Crippen molar-refractivity contribution in [3.63, 3.8) is 0 Å². The maximum atomic E-state index is 12.9. The highest BCUT2D eigenvalue weighted by atomic mass is 16.5. The average molecular weight is 289 g/mol. The lowest BCUT2D eigenvalue weighted by molar-refractivity contribution is -0.141. The van der Waals surface area contributed by atoms with Crippen LogP contribution in [0.2, 0.25) is 0 Å². The Morgan fingerprint density at radius 3 is 2.71 bits per heavy atom. The predicted octanol–water partition coefficient (Wildman–Crippen LogP) is 0.973. The topological polar surface area (TPSA) is 58.8 Å². The molecule has 1 aromatic carbocycles. The van der Waals surface area contributed by atoms with E-state index in [-0.39, 0.29) is 5.91 Å². The average Bonchev–Trinajstić information content (AvgIpc) is 2.67. The molecule has 1 amide bonds. The van der Waals surface area contributed by atoms with Crippen molar-refractivity contribution in [1.29, 1.82) is 0 Å². The van der Waals surface area contributed by atoms with Gasteiger partial charge >= 0.3 is 0 Å². The summed E-state index contributed by atoms with van der Waals surface area (Å²) >= 11 is 0. The van der Waals surface area contributed by atoms with Gasteiger partial charge in [-0.05, 0) is 24.5 Å². The van der Waals surface area contributed by atoms with Gasteiger partial charge in [0.25, 0.3) is 0 Å². The van der Waals surface area contributed by atoms with Gasteiger partial charge in [0, 0.05) is 45.6 Å². The fraction of sp³-hybridized carbons (Fsp3) is 0.562. The third-order valence-corrected chi connectivity index (χ3v) is 4.57. The van der Waals surface area contributed by atoms with Gasteiger partial charge in [0.15, 0.2) is 0 Å². The highest BCUT2D eigenvalue weighted by Crippen LogP contribution is 2.27. The number of carbonyl (C=O) groups is 1. The van der Waals surface area contributed by atoms with Crippen molar-refractivity contribution in [3.05, 3.63) is 29.8 Å². The fourth-order valence-electron chi connectivity index (χ4n) is 3.13. The van der Waals surface area contributed by atoms with Gasteiger partial charge in [-0.15, -0.1) is 0 Å². The first-order valence-electron chi connectivity index (χ1n) is 7.55. The lowest BCUT2D eigenvalue weighted by atomic mass is 9.89. The molecular formula is C16H23N3O2. The van der Waals surface area contributed by atoms with Crippen LogP contribution in [-0.2, 0) is 16.1 Å². The minimum absolute atomic E-state index is 0.0657. The number of ether oxygens (including phenoxy) is 1. The minimum atomic E-state index is -0.754. The van der Waals surface area contributed by atoms with Crippen molar-refractivity contribution in [2.75, 3.05) is 38.3 Å². The van der Waals surface area contributed by atoms with Crippen LogP contribution < -0.4 is 10.6 Å². The molecule has 1 fully saturated rings. The van der Waals surface area contributed by atoms with Crippen molar-refractivity contribution in [1.82, 2.24) is 4.90 Å². The number of likely N-dealkylation sites (N-methyl/N-ethyl adjacent to an activating group) is 1. The van der Waals surface area contributed by atoms with Gasteiger partial charge in [-0.3, -0.25) is 4.79 Å². The highest BCUT2D eigenvalue weighted by Gasteiger charge is 2.39. The van der Waals surface area contributed by atoms with Gasteiger partial charge in [-0.2, -0.15) is 0 Å². The number of hydrogen-bond donors (Lipinski definition) is 1. The summed E-state index contributed by atoms with van der Waals surface area (Å²) in [7, 11) is 2.07. The third kappa shape index (κ3) is 2.76. The summed E-state index contributed by atoms with van der Waals surface area (Å²) in [6, 6.07) is 8.25. The smallest absolute Gasteiger partial charge is 0.243 e. The first-order chi connectivity index (χ1) is 10.1. The van der Waals surface area contributed by atoms with Crippen LogP contribution in [-0.4, -0.2) is 49.7 Å². The number of nitrogens with two attached hydrogens (primary N) is 1. The number of benzene rings is 1. The van der Waals surface area contributed by atoms with Crippen molar-refractivity contribution in [3.8, 4) is 0 Å². The van der Waals surface area contributed by atoms with Gasteiger partial charge in [0.05, 0.1) is 5.54 Å². The molecule has 0 atom stereocenters. The number of carbonyl (C=O) groups excluding carboxylic acids is 1. The lowest BCUT2D eigenvalue weighted by Gasteiger charge is -2.36. The van der Waals surface area contributed by atoms with Crippen molar-refractivity contribution >= 4 is 11.6 Å². The van der Waals surface area contributed by atoms with E-state index in [1.165, 1.54) is 11.3 Å². The van der Waals surface area contributed by atoms with Crippen LogP contribution in [0.4, 0.5) is 5.69 Å². The van der Waals surface area contributed by atoms with Crippen LogP contribution in [0.1, 0.15) is 18.4 Å². The summed E-state index contributed by atoms with van der Waals surface area (Å²) in [6.45, 7) is 3.33. The zero-order valence-corrected chi connectivity index (χ0v) is 12.5. The minimum Gasteiger partial charge on any atom is -0.381 e. The SMILES string of the molecule is CN1CCN(C(=O)C2(N)CCOCC2)Cc2ccccc21. The van der Waals surface area contributed by atoms with E-state index in [2.05, 4.69) is 24.1 Å². The highest BCUT2D eigenvalue weighted by molar-refractivity contribution is 5.86. The molecule has 0 aromatic heterocycles. The molecule has 2 N–H and O–H groups in total. The predicted molar refractivity (Wildman–Crippen MR) is 82.1 cm³/mol. The van der Waals surface area contributed by atoms with Gasteiger partial charge in [0.1, 0.15) is 0 Å². The molecule has 2 aliphatic rings. The zero-order chi connectivity index (χ0) is 14.9. The Labute approximate surface area is 125 Å². The summed E-state index contributed by atoms with van der Waals surface area (Å²) in [5.74, 6) is 0.0657. The number of rotatable bonds is 1. The molecule has 1 saturated heterocycles. The molecule has 2 aliphatic heterocycles. The Bertz CT molecular complexity index is 526. The largest absolute Gasteiger partial charge is 0.381 e. The van der Waals surface area contributed by atoms with Crippen molar-refractivity contribution in [2.24, 2.45) is 5.73 Å². The molecule has 0 spiro atoms. The summed E-state index contributed by atoms with van der Waals surface area (Å²) in [6.07, 6.45) is 1.22. The molecule has 0 unspecified atom stereocenters. The van der Waals surface area contributed by atoms with E-state index in [1.807, 2.05) is 17.0 Å². The molecule has 2 heterocycles. The number of fused-ring (bicyclic) bond motifs is 1. The van der Waals surface area contributed by atoms with Crippen LogP contribution in [0.25, 0.3) is 0 Å². The summed E-state index contributed by atoms with van der Waals surface area (Å²) < 4.78 is 5.34. The monoisotopic (exact) mass is 289 g/mol. The van der Waals surface area contributed by atoms with E-state index in [0.29, 0.717) is 39.1 Å². The number of hydrogen-bond acceptors (Lipinski definition) is 4. The van der Waals surface area contributed by atoms with Gasteiger partial charge < -0.3 is 20.3 Å². The van der Waals surface area contributed by atoms with Crippen LogP contribution in [0.5, 0.6) is 0 Å². The van der Waals surface area contributed by atoms with Gasteiger partial charge in [0.2, 0.25) is 5.91 Å². The molecule has 0 saturated carbocycles. The zero-order valence-electron chi connectivity index (χ0n) is 12.5. The van der Waals surface area contributed by atoms with E-state index in [0.717, 1.165) is 6.54 Å². The normalized spacial score (nSPS) is 21.6. The van der Waals surface area contributed by atoms with Crippen LogP contribution in [0.3, 0.4) is 0 Å². The first-order valence-corrected chi connectivity index (χ1v) is 7.55. The summed E-state index contributed by atoms with van der Waals surface area (Å²) in [5, 5.41) is 0. The maximum Gasteiger partial charge on any atom is 0.243 e. The van der Waals surface area contributed by atoms with E-state index < -0.39 is 5.54 Å². The molecule has 114 valence electrons. The Balaban J connectivity index is 1.82. The lowest BCUT2D eigenvalue weighted by Crippen LogP contribution is -2.58. The first kappa shape index (κ1) is 14.4. The van der Waals surface area contributed by atoms with E-state index in [9.17, 15) is 4.79 Å². The second-order valence-electron chi connectivity index (χ2n) is 6.05. The van der Waals surface area contributed by atoms with E-state index >= 15 is 0 Å². The standard InChI is InChI=1S/C16H23N3O2/c1-18-8-9-19(12-13-4-2-3-5-14(13)18)15(20)16(17)6-10-21-11-7-16/h2-5H,6-12,17H2,1H3. The van der Waals surface area contributed by atoms with E-state index in [1.54, 1.807) is 0 Å². The van der Waals surface area contributed by atoms with Crippen molar-refractivity contribution < 1.29 is 9.53 Å². The number of anilines is 1. The van der Waals surface area contributed by atoms with E-state index in [4.69, 9.17) is 10.5 Å².